The molecule has 62 valence electrons. The van der Waals surface area contributed by atoms with E-state index in [2.05, 4.69) is 9.68 Å². The first kappa shape index (κ1) is 12.7. The van der Waals surface area contributed by atoms with E-state index >= 15 is 0 Å². The van der Waals surface area contributed by atoms with Gasteiger partial charge in [0.05, 0.1) is 11.4 Å². The molecule has 0 atom stereocenters. The van der Waals surface area contributed by atoms with Crippen molar-refractivity contribution < 1.29 is 68.9 Å². The monoisotopic (exact) mass is 203 g/mol. The first-order valence-electron chi connectivity index (χ1n) is 3.19. The third-order valence-electron chi connectivity index (χ3n) is 1.26. The molecule has 0 aliphatic rings. The second-order valence-electron chi connectivity index (χ2n) is 2.15. The molecule has 0 saturated heterocycles. The average Bonchev–Trinajstić information content (AvgIpc) is 2.32. The van der Waals surface area contributed by atoms with Gasteiger partial charge >= 0.3 is 58.4 Å². The van der Waals surface area contributed by atoms with Crippen LogP contribution >= 0.6 is 0 Å². The predicted octanol–water partition coefficient (Wildman–Crippen LogP) is -1.70. The zero-order valence-corrected chi connectivity index (χ0v) is 9.97. The van der Waals surface area contributed by atoms with Gasteiger partial charge in [-0.2, -0.15) is 0 Å². The van der Waals surface area contributed by atoms with Crippen LogP contribution in [0.15, 0.2) is 10.6 Å². The zero-order chi connectivity index (χ0) is 8.48. The topological polar surface area (TPSA) is 26.0 Å². The molecule has 0 unspecified atom stereocenters. The van der Waals surface area contributed by atoms with Gasteiger partial charge in [0.2, 0.25) is 0 Å². The van der Waals surface area contributed by atoms with Crippen molar-refractivity contribution >= 4 is 12.6 Å². The van der Waals surface area contributed by atoms with Gasteiger partial charge in [-0.3, -0.25) is 0 Å². The maximum atomic E-state index is 11.9. The van der Waals surface area contributed by atoms with E-state index in [0.717, 1.165) is 6.07 Å². The van der Waals surface area contributed by atoms with Crippen molar-refractivity contribution in [2.75, 3.05) is 0 Å². The summed E-state index contributed by atoms with van der Waals surface area (Å²) < 4.78 is 39.7. The molecule has 0 fully saturated rings. The Kier molecular flexibility index (Phi) is 5.08. The molecule has 1 heterocycles. The summed E-state index contributed by atoms with van der Waals surface area (Å²) in [7, 11) is 0. The van der Waals surface area contributed by atoms with Gasteiger partial charge in [0.25, 0.3) is 0 Å². The molecule has 7 heteroatoms. The second kappa shape index (κ2) is 4.80. The molecule has 0 radical (unpaired) electrons. The van der Waals surface area contributed by atoms with E-state index in [-0.39, 0.29) is 51.4 Å². The van der Waals surface area contributed by atoms with Crippen LogP contribution in [0.1, 0.15) is 12.6 Å². The Morgan fingerprint density at radius 3 is 2.33 bits per heavy atom. The first-order chi connectivity index (χ1) is 5.04. The van der Waals surface area contributed by atoms with Gasteiger partial charge in [0.15, 0.2) is 0 Å². The van der Waals surface area contributed by atoms with Crippen molar-refractivity contribution in [2.45, 2.75) is 13.3 Å². The molecule has 0 aromatic carbocycles. The van der Waals surface area contributed by atoms with E-state index in [4.69, 9.17) is 0 Å². The Balaban J connectivity index is 0.00000121. The van der Waals surface area contributed by atoms with Crippen LogP contribution in [0.2, 0.25) is 0 Å². The van der Waals surface area contributed by atoms with Crippen LogP contribution in [0.4, 0.5) is 12.9 Å². The van der Waals surface area contributed by atoms with Crippen LogP contribution in [0.5, 0.6) is 0 Å². The SMILES string of the molecule is CCc1cc([B-](F)(F)F)on1.[K+]. The van der Waals surface area contributed by atoms with E-state index in [1.54, 1.807) is 6.92 Å². The summed E-state index contributed by atoms with van der Waals surface area (Å²) in [6, 6.07) is 0.931. The van der Waals surface area contributed by atoms with Gasteiger partial charge < -0.3 is 17.5 Å². The van der Waals surface area contributed by atoms with E-state index in [1.165, 1.54) is 0 Å². The average molecular weight is 203 g/mol. The molecule has 1 aromatic heterocycles. The molecule has 0 bridgehead atoms. The molecule has 0 N–H and O–H groups in total. The number of hydrogen-bond donors (Lipinski definition) is 0. The number of aromatic nitrogens is 1. The largest absolute Gasteiger partial charge is 1.00 e. The van der Waals surface area contributed by atoms with Crippen LogP contribution in [-0.2, 0) is 6.42 Å². The number of rotatable bonds is 2. The summed E-state index contributed by atoms with van der Waals surface area (Å²) in [4.78, 5) is 0. The summed E-state index contributed by atoms with van der Waals surface area (Å²) in [6.45, 7) is -3.31. The van der Waals surface area contributed by atoms with Crippen LogP contribution in [0.3, 0.4) is 0 Å². The molecule has 2 nitrogen and oxygen atoms in total. The van der Waals surface area contributed by atoms with Crippen molar-refractivity contribution in [2.24, 2.45) is 0 Å². The van der Waals surface area contributed by atoms with Crippen LogP contribution in [0.25, 0.3) is 0 Å². The van der Waals surface area contributed by atoms with Gasteiger partial charge in [-0.25, -0.2) is 0 Å². The molecule has 0 saturated carbocycles. The fourth-order valence-corrected chi connectivity index (χ4v) is 0.649. The number of hydrogen-bond acceptors (Lipinski definition) is 2. The van der Waals surface area contributed by atoms with E-state index < -0.39 is 12.6 Å². The Labute approximate surface area is 110 Å². The number of nitrogens with zero attached hydrogens (tertiary/aromatic N) is 1. The number of aryl methyl sites for hydroxylation is 1. The molecule has 1 rings (SSSR count). The molecule has 0 spiro atoms. The van der Waals surface area contributed by atoms with Gasteiger partial charge in [0.1, 0.15) is 0 Å². The molecular formula is C5H6BF3KNO. The Morgan fingerprint density at radius 2 is 2.08 bits per heavy atom. The molecule has 0 aliphatic carbocycles. The summed E-state index contributed by atoms with van der Waals surface area (Å²) in [5, 5.41) is 3.22. The van der Waals surface area contributed by atoms with E-state index in [0.29, 0.717) is 12.1 Å². The maximum Gasteiger partial charge on any atom is 1.00 e. The Morgan fingerprint density at radius 1 is 1.50 bits per heavy atom. The van der Waals surface area contributed by atoms with E-state index in [9.17, 15) is 12.9 Å². The second-order valence-corrected chi connectivity index (χ2v) is 2.15. The van der Waals surface area contributed by atoms with Gasteiger partial charge in [0, 0.05) is 0 Å². The van der Waals surface area contributed by atoms with Crippen molar-refractivity contribution in [3.8, 4) is 0 Å². The minimum absolute atomic E-state index is 0. The summed E-state index contributed by atoms with van der Waals surface area (Å²) in [6.07, 6.45) is 0.454. The van der Waals surface area contributed by atoms with Crippen LogP contribution < -0.4 is 57.0 Å². The van der Waals surface area contributed by atoms with Gasteiger partial charge in [-0.15, -0.1) is 0 Å². The van der Waals surface area contributed by atoms with E-state index in [1.807, 2.05) is 0 Å². The summed E-state index contributed by atoms with van der Waals surface area (Å²) in [5.74, 6) is 0. The molecule has 0 amide bonds. The van der Waals surface area contributed by atoms with Crippen molar-refractivity contribution in [1.82, 2.24) is 5.16 Å². The predicted molar refractivity (Wildman–Crippen MR) is 34.6 cm³/mol. The molecule has 12 heavy (non-hydrogen) atoms. The minimum Gasteiger partial charge on any atom is -0.443 e. The standard InChI is InChI=1S/C5H6BF3NO.K/c1-2-4-3-5(11-10-4)6(7,8)9;/h3H,2H2,1H3;/q-1;+1. The fraction of sp³-hybridized carbons (Fsp3) is 0.400. The summed E-state index contributed by atoms with van der Waals surface area (Å²) >= 11 is 0. The third kappa shape index (κ3) is 3.21. The Bertz CT molecular complexity index is 249. The number of halogens is 3. The quantitative estimate of drug-likeness (QED) is 0.535. The fourth-order valence-electron chi connectivity index (χ4n) is 0.649. The van der Waals surface area contributed by atoms with Crippen molar-refractivity contribution in [3.63, 3.8) is 0 Å². The van der Waals surface area contributed by atoms with Crippen LogP contribution in [0, 0.1) is 0 Å². The van der Waals surface area contributed by atoms with Crippen molar-refractivity contribution in [1.29, 1.82) is 0 Å². The zero-order valence-electron chi connectivity index (χ0n) is 6.85. The van der Waals surface area contributed by atoms with Crippen molar-refractivity contribution in [3.05, 3.63) is 11.8 Å². The Hall–Kier alpha value is 0.701. The van der Waals surface area contributed by atoms with Gasteiger partial charge in [-0.1, -0.05) is 12.1 Å². The van der Waals surface area contributed by atoms with Gasteiger partial charge in [-0.05, 0) is 12.5 Å². The van der Waals surface area contributed by atoms with Crippen LogP contribution in [-0.4, -0.2) is 12.1 Å². The minimum atomic E-state index is -5.02. The first-order valence-corrected chi connectivity index (χ1v) is 3.19. The maximum absolute atomic E-state index is 11.9. The molecule has 0 aliphatic heterocycles. The third-order valence-corrected chi connectivity index (χ3v) is 1.26. The smallest absolute Gasteiger partial charge is 0.443 e. The summed E-state index contributed by atoms with van der Waals surface area (Å²) in [5.41, 5.74) is -0.638. The normalized spacial score (nSPS) is 11.0. The molecule has 1 aromatic rings. The molecular weight excluding hydrogens is 197 g/mol.